The predicted molar refractivity (Wildman–Crippen MR) is 157 cm³/mol. The molecule has 0 spiro atoms. The van der Waals surface area contributed by atoms with Crippen molar-refractivity contribution in [2.45, 2.75) is 13.8 Å². The van der Waals surface area contributed by atoms with Crippen molar-refractivity contribution in [3.8, 4) is 5.75 Å². The number of carbonyl (C=O) groups excluding carboxylic acids is 2. The van der Waals surface area contributed by atoms with E-state index in [9.17, 15) is 9.59 Å². The number of ether oxygens (including phenoxy) is 1. The van der Waals surface area contributed by atoms with Gasteiger partial charge in [-0.05, 0) is 72.5 Å². The number of Topliss-reactive ketones (excluding diaryl/α,β-unsaturated/α-hetero) is 2. The number of methoxy groups -OCH3 is 1. The third kappa shape index (κ3) is 6.64. The predicted octanol–water partition coefficient (Wildman–Crippen LogP) is 6.56. The molecule has 188 valence electrons. The average molecular weight is 528 g/mol. The minimum Gasteiger partial charge on any atom is -0.497 e. The van der Waals surface area contributed by atoms with Crippen LogP contribution in [0.3, 0.4) is 0 Å². The fourth-order valence-corrected chi connectivity index (χ4v) is 5.16. The monoisotopic (exact) mass is 527 g/mol. The zero-order chi connectivity index (χ0) is 26.4. The second kappa shape index (κ2) is 12.2. The Labute approximate surface area is 228 Å². The van der Waals surface area contributed by atoms with Gasteiger partial charge < -0.3 is 9.64 Å². The molecule has 0 radical (unpaired) electrons. The first-order chi connectivity index (χ1) is 17.9. The summed E-state index contributed by atoms with van der Waals surface area (Å²) in [7, 11) is 1.60. The van der Waals surface area contributed by atoms with E-state index in [1.54, 1.807) is 31.4 Å². The van der Waals surface area contributed by atoms with E-state index in [4.69, 9.17) is 17.0 Å². The van der Waals surface area contributed by atoms with Crippen molar-refractivity contribution in [3.05, 3.63) is 112 Å². The molecule has 0 saturated carbocycles. The zero-order valence-electron chi connectivity index (χ0n) is 21.2. The van der Waals surface area contributed by atoms with Crippen molar-refractivity contribution in [2.24, 2.45) is 0 Å². The van der Waals surface area contributed by atoms with E-state index < -0.39 is 0 Å². The highest BCUT2D eigenvalue weighted by Crippen LogP contribution is 2.26. The van der Waals surface area contributed by atoms with Gasteiger partial charge in [0, 0.05) is 29.8 Å². The number of aryl methyl sites for hydroxylation is 2. The summed E-state index contributed by atoms with van der Waals surface area (Å²) in [6.45, 7) is 4.88. The van der Waals surface area contributed by atoms with E-state index >= 15 is 0 Å². The number of thioether (sulfide) groups is 1. The molecule has 3 aromatic carbocycles. The molecule has 1 fully saturated rings. The Bertz CT molecular complexity index is 1320. The molecule has 0 amide bonds. The smallest absolute Gasteiger partial charge is 0.188 e. The molecule has 1 aliphatic heterocycles. The number of likely N-dealkylation sites (tertiary alicyclic amines) is 1. The molecule has 0 aromatic heterocycles. The van der Waals surface area contributed by atoms with E-state index in [-0.39, 0.29) is 17.3 Å². The maximum absolute atomic E-state index is 13.6. The van der Waals surface area contributed by atoms with Gasteiger partial charge in [0.05, 0.1) is 12.9 Å². The topological polar surface area (TPSA) is 46.6 Å². The molecule has 1 heterocycles. The van der Waals surface area contributed by atoms with Crippen molar-refractivity contribution < 1.29 is 14.3 Å². The lowest BCUT2D eigenvalue weighted by Gasteiger charge is -2.31. The molecule has 0 aliphatic carbocycles. The van der Waals surface area contributed by atoms with Crippen molar-refractivity contribution >= 4 is 52.0 Å². The maximum atomic E-state index is 13.6. The molecule has 1 aliphatic rings. The van der Waals surface area contributed by atoms with Gasteiger partial charge in [0.2, 0.25) is 0 Å². The van der Waals surface area contributed by atoms with Crippen LogP contribution in [0.25, 0.3) is 12.2 Å². The molecule has 4 nitrogen and oxygen atoms in total. The lowest BCUT2D eigenvalue weighted by atomic mass is 9.93. The Morgan fingerprint density at radius 1 is 0.892 bits per heavy atom. The number of ketones is 2. The molecule has 0 atom stereocenters. The van der Waals surface area contributed by atoms with Crippen molar-refractivity contribution in [1.29, 1.82) is 0 Å². The summed E-state index contributed by atoms with van der Waals surface area (Å²) in [6.07, 6.45) is 3.93. The number of nitrogens with zero attached hydrogens (tertiary/aromatic N) is 1. The van der Waals surface area contributed by atoms with Crippen LogP contribution in [0, 0.1) is 13.8 Å². The van der Waals surface area contributed by atoms with Crippen LogP contribution in [0.2, 0.25) is 0 Å². The molecule has 0 unspecified atom stereocenters. The standard InChI is InChI=1S/C31H29NO3S2/c1-21-8-4-6-10-24(21)16-26-18-32(19-27(30(26)34)17-25-11-7-5-9-22(25)2)31(36)37-20-29(33)23-12-14-28(35-3)15-13-23/h4-17H,18-20H2,1-3H3/b26-16+,27-17+. The zero-order valence-corrected chi connectivity index (χ0v) is 22.8. The lowest BCUT2D eigenvalue weighted by Crippen LogP contribution is -2.40. The molecule has 3 aromatic rings. The van der Waals surface area contributed by atoms with E-state index in [1.807, 2.05) is 79.4 Å². The first-order valence-corrected chi connectivity index (χ1v) is 13.4. The van der Waals surface area contributed by atoms with Crippen molar-refractivity contribution in [2.75, 3.05) is 26.0 Å². The molecular formula is C31H29NO3S2. The van der Waals surface area contributed by atoms with Crippen LogP contribution in [0.4, 0.5) is 0 Å². The molecule has 37 heavy (non-hydrogen) atoms. The minimum atomic E-state index is -0.00515. The van der Waals surface area contributed by atoms with Crippen LogP contribution in [-0.2, 0) is 4.79 Å². The Morgan fingerprint density at radius 3 is 1.89 bits per heavy atom. The van der Waals surface area contributed by atoms with Gasteiger partial charge >= 0.3 is 0 Å². The number of benzene rings is 3. The fraction of sp³-hybridized carbons (Fsp3) is 0.194. The molecule has 1 saturated heterocycles. The Kier molecular flexibility index (Phi) is 8.74. The van der Waals surface area contributed by atoms with Gasteiger partial charge in [0.25, 0.3) is 0 Å². The highest BCUT2D eigenvalue weighted by Gasteiger charge is 2.28. The van der Waals surface area contributed by atoms with Crippen LogP contribution in [0.1, 0.15) is 32.6 Å². The van der Waals surface area contributed by atoms with Gasteiger partial charge in [-0.2, -0.15) is 0 Å². The van der Waals surface area contributed by atoms with Gasteiger partial charge in [-0.1, -0.05) is 72.5 Å². The summed E-state index contributed by atoms with van der Waals surface area (Å²) in [5.41, 5.74) is 6.21. The van der Waals surface area contributed by atoms with E-state index in [2.05, 4.69) is 0 Å². The van der Waals surface area contributed by atoms with Crippen LogP contribution in [0.5, 0.6) is 5.75 Å². The van der Waals surface area contributed by atoms with Crippen LogP contribution >= 0.6 is 24.0 Å². The third-order valence-electron chi connectivity index (χ3n) is 6.34. The van der Waals surface area contributed by atoms with E-state index in [0.717, 1.165) is 22.3 Å². The maximum Gasteiger partial charge on any atom is 0.188 e. The van der Waals surface area contributed by atoms with Gasteiger partial charge in [0.1, 0.15) is 10.1 Å². The Morgan fingerprint density at radius 2 is 1.41 bits per heavy atom. The molecular weight excluding hydrogens is 498 g/mol. The van der Waals surface area contributed by atoms with Crippen molar-refractivity contribution in [3.63, 3.8) is 0 Å². The summed E-state index contributed by atoms with van der Waals surface area (Å²) >= 11 is 7.09. The van der Waals surface area contributed by atoms with Crippen molar-refractivity contribution in [1.82, 2.24) is 4.90 Å². The number of rotatable bonds is 6. The summed E-state index contributed by atoms with van der Waals surface area (Å²) < 4.78 is 5.77. The number of carbonyl (C=O) groups is 2. The lowest BCUT2D eigenvalue weighted by molar-refractivity contribution is -0.113. The Hall–Kier alpha value is -3.48. The van der Waals surface area contributed by atoms with Crippen LogP contribution in [-0.4, -0.2) is 46.7 Å². The van der Waals surface area contributed by atoms with E-state index in [0.29, 0.717) is 39.9 Å². The highest BCUT2D eigenvalue weighted by atomic mass is 32.2. The molecule has 6 heteroatoms. The van der Waals surface area contributed by atoms with Gasteiger partial charge in [-0.25, -0.2) is 0 Å². The molecule has 0 bridgehead atoms. The Balaban J connectivity index is 1.57. The van der Waals surface area contributed by atoms with Gasteiger partial charge in [-0.15, -0.1) is 0 Å². The summed E-state index contributed by atoms with van der Waals surface area (Å²) in [6, 6.07) is 23.1. The fourth-order valence-electron chi connectivity index (χ4n) is 4.12. The van der Waals surface area contributed by atoms with Crippen LogP contribution in [0.15, 0.2) is 83.9 Å². The normalized spacial score (nSPS) is 15.8. The van der Waals surface area contributed by atoms with Gasteiger partial charge in [0.15, 0.2) is 11.6 Å². The first kappa shape index (κ1) is 26.6. The second-order valence-corrected chi connectivity index (χ2v) is 10.6. The summed E-state index contributed by atoms with van der Waals surface area (Å²) in [5, 5.41) is 0. The number of thiocarbonyl (C=S) groups is 1. The summed E-state index contributed by atoms with van der Waals surface area (Å²) in [5.74, 6) is 0.960. The molecule has 0 N–H and O–H groups in total. The third-order valence-corrected chi connectivity index (χ3v) is 7.86. The highest BCUT2D eigenvalue weighted by molar-refractivity contribution is 8.23. The number of hydrogen-bond acceptors (Lipinski definition) is 5. The second-order valence-electron chi connectivity index (χ2n) is 8.94. The first-order valence-electron chi connectivity index (χ1n) is 12.0. The van der Waals surface area contributed by atoms with Crippen LogP contribution < -0.4 is 4.74 Å². The number of piperidine rings is 1. The molecule has 4 rings (SSSR count). The minimum absolute atomic E-state index is 0.00515. The SMILES string of the molecule is COc1ccc(C(=O)CSC(=S)N2C/C(=C\c3ccccc3C)C(=O)/C(=C/c3ccccc3C)C2)cc1. The van der Waals surface area contributed by atoms with E-state index in [1.165, 1.54) is 11.8 Å². The summed E-state index contributed by atoms with van der Waals surface area (Å²) in [4.78, 5) is 28.3. The average Bonchev–Trinajstić information content (AvgIpc) is 2.91. The number of hydrogen-bond donors (Lipinski definition) is 0. The quantitative estimate of drug-likeness (QED) is 0.205. The van der Waals surface area contributed by atoms with Gasteiger partial charge in [-0.3, -0.25) is 9.59 Å². The largest absolute Gasteiger partial charge is 0.497 e.